The molecule has 0 aliphatic rings. The summed E-state index contributed by atoms with van der Waals surface area (Å²) >= 11 is 0. The maximum atomic E-state index is 12.1. The number of aryl methyl sites for hydroxylation is 1. The van der Waals surface area contributed by atoms with E-state index in [4.69, 9.17) is 0 Å². The molecule has 0 amide bonds. The van der Waals surface area contributed by atoms with Gasteiger partial charge in [-0.05, 0) is 13.0 Å². The van der Waals surface area contributed by atoms with Gasteiger partial charge in [-0.2, -0.15) is 8.42 Å². The first-order valence-electron chi connectivity index (χ1n) is 3.18. The number of nitrogens with zero attached hydrogens (tertiary/aromatic N) is 2. The van der Waals surface area contributed by atoms with Gasteiger partial charge in [0.25, 0.3) is 0 Å². The van der Waals surface area contributed by atoms with Crippen molar-refractivity contribution in [2.24, 2.45) is 0 Å². The summed E-state index contributed by atoms with van der Waals surface area (Å²) in [6.45, 7) is 1.61. The number of aromatic nitrogens is 2. The Labute approximate surface area is 69.7 Å². The van der Waals surface area contributed by atoms with Crippen molar-refractivity contribution in [2.45, 2.75) is 12.7 Å². The lowest BCUT2D eigenvalue weighted by Gasteiger charge is -1.95. The highest BCUT2D eigenvalue weighted by atomic mass is 32.3. The Bertz CT molecular complexity index is 377. The second-order valence-electron chi connectivity index (χ2n) is 2.28. The summed E-state index contributed by atoms with van der Waals surface area (Å²) in [5.41, 5.74) is 0.171. The second-order valence-corrected chi connectivity index (χ2v) is 3.64. The van der Waals surface area contributed by atoms with Crippen LogP contribution >= 0.6 is 0 Å². The largest absolute Gasteiger partial charge is 0.308 e. The van der Waals surface area contributed by atoms with Crippen LogP contribution in [0.15, 0.2) is 12.3 Å². The molecule has 0 bridgehead atoms. The molecule has 0 aliphatic carbocycles. The summed E-state index contributed by atoms with van der Waals surface area (Å²) in [5, 5.41) is 0. The Morgan fingerprint density at radius 3 is 2.75 bits per heavy atom. The first kappa shape index (κ1) is 9.05. The van der Waals surface area contributed by atoms with Crippen molar-refractivity contribution in [1.29, 1.82) is 0 Å². The molecule has 1 aromatic heterocycles. The summed E-state index contributed by atoms with van der Waals surface area (Å²) in [4.78, 5) is 7.47. The van der Waals surface area contributed by atoms with E-state index in [-0.39, 0.29) is 5.69 Å². The molecule has 0 spiro atoms. The van der Waals surface area contributed by atoms with Crippen LogP contribution in [0.1, 0.15) is 11.5 Å². The van der Waals surface area contributed by atoms with E-state index in [1.54, 1.807) is 6.92 Å². The molecule has 0 unspecified atom stereocenters. The van der Waals surface area contributed by atoms with E-state index in [1.165, 1.54) is 12.3 Å². The second kappa shape index (κ2) is 3.14. The third-order valence-corrected chi connectivity index (χ3v) is 1.79. The zero-order valence-electron chi connectivity index (χ0n) is 6.36. The average Bonchev–Trinajstić information content (AvgIpc) is 1.82. The Kier molecular flexibility index (Phi) is 2.37. The third kappa shape index (κ3) is 2.91. The van der Waals surface area contributed by atoms with Crippen molar-refractivity contribution in [3.8, 4) is 0 Å². The van der Waals surface area contributed by atoms with Crippen molar-refractivity contribution >= 4 is 10.2 Å². The molecule has 0 fully saturated rings. The van der Waals surface area contributed by atoms with Crippen LogP contribution < -0.4 is 0 Å². The monoisotopic (exact) mass is 190 g/mol. The minimum atomic E-state index is -4.48. The molecule has 4 nitrogen and oxygen atoms in total. The van der Waals surface area contributed by atoms with Gasteiger partial charge in [-0.25, -0.2) is 9.97 Å². The molecule has 0 saturated heterocycles. The van der Waals surface area contributed by atoms with E-state index in [0.717, 1.165) is 0 Å². The summed E-state index contributed by atoms with van der Waals surface area (Å²) in [6.07, 6.45) is 1.39. The molecule has 0 radical (unpaired) electrons. The highest BCUT2D eigenvalue weighted by Crippen LogP contribution is 2.03. The van der Waals surface area contributed by atoms with Gasteiger partial charge in [0.2, 0.25) is 0 Å². The van der Waals surface area contributed by atoms with E-state index in [0.29, 0.717) is 5.82 Å². The summed E-state index contributed by atoms with van der Waals surface area (Å²) in [6, 6.07) is 1.37. The lowest BCUT2D eigenvalue weighted by molar-refractivity contribution is 0.550. The van der Waals surface area contributed by atoms with Gasteiger partial charge in [0.1, 0.15) is 11.6 Å². The number of hydrogen-bond acceptors (Lipinski definition) is 4. The van der Waals surface area contributed by atoms with E-state index in [9.17, 15) is 12.3 Å². The fourth-order valence-corrected chi connectivity index (χ4v) is 1.28. The summed E-state index contributed by atoms with van der Waals surface area (Å²) in [5.74, 6) is -0.257. The van der Waals surface area contributed by atoms with E-state index in [1.807, 2.05) is 0 Å². The Balaban J connectivity index is 2.91. The molecule has 0 aromatic carbocycles. The van der Waals surface area contributed by atoms with Gasteiger partial charge in [0.05, 0.1) is 5.69 Å². The lowest BCUT2D eigenvalue weighted by Crippen LogP contribution is -2.00. The van der Waals surface area contributed by atoms with Crippen LogP contribution in [0, 0.1) is 6.92 Å². The third-order valence-electron chi connectivity index (χ3n) is 1.15. The highest BCUT2D eigenvalue weighted by molar-refractivity contribution is 7.85. The van der Waals surface area contributed by atoms with Gasteiger partial charge < -0.3 is 0 Å². The molecule has 0 saturated carbocycles. The Hall–Kier alpha value is -1.04. The molecule has 1 heterocycles. The van der Waals surface area contributed by atoms with Gasteiger partial charge in [-0.3, -0.25) is 0 Å². The maximum absolute atomic E-state index is 12.1. The van der Waals surface area contributed by atoms with Crippen molar-refractivity contribution in [2.75, 3.05) is 0 Å². The lowest BCUT2D eigenvalue weighted by atomic mass is 10.4. The van der Waals surface area contributed by atoms with Crippen LogP contribution in [-0.4, -0.2) is 18.4 Å². The van der Waals surface area contributed by atoms with Gasteiger partial charge >= 0.3 is 10.2 Å². The molecule has 1 aromatic rings. The van der Waals surface area contributed by atoms with E-state index >= 15 is 0 Å². The van der Waals surface area contributed by atoms with Crippen molar-refractivity contribution < 1.29 is 12.3 Å². The van der Waals surface area contributed by atoms with Crippen LogP contribution in [0.2, 0.25) is 0 Å². The van der Waals surface area contributed by atoms with Crippen LogP contribution in [0.25, 0.3) is 0 Å². The van der Waals surface area contributed by atoms with Crippen LogP contribution in [0.4, 0.5) is 3.89 Å². The van der Waals surface area contributed by atoms with Crippen molar-refractivity contribution in [3.05, 3.63) is 23.8 Å². The molecule has 1 rings (SSSR count). The Morgan fingerprint density at radius 2 is 2.25 bits per heavy atom. The SMILES string of the molecule is Cc1nccc(CS(=O)(=O)F)n1. The van der Waals surface area contributed by atoms with Gasteiger partial charge in [-0.1, -0.05) is 0 Å². The molecule has 0 atom stereocenters. The number of hydrogen-bond donors (Lipinski definition) is 0. The van der Waals surface area contributed by atoms with E-state index < -0.39 is 16.0 Å². The molecular formula is C6H7FN2O2S. The molecule has 66 valence electrons. The van der Waals surface area contributed by atoms with Gasteiger partial charge in [-0.15, -0.1) is 3.89 Å². The van der Waals surface area contributed by atoms with Crippen LogP contribution in [0.5, 0.6) is 0 Å². The Morgan fingerprint density at radius 1 is 1.58 bits per heavy atom. The number of rotatable bonds is 2. The quantitative estimate of drug-likeness (QED) is 0.640. The average molecular weight is 190 g/mol. The van der Waals surface area contributed by atoms with Crippen LogP contribution in [0.3, 0.4) is 0 Å². The zero-order valence-corrected chi connectivity index (χ0v) is 7.18. The molecule has 0 aliphatic heterocycles. The molecule has 6 heteroatoms. The minimum absolute atomic E-state index is 0.171. The first-order valence-corrected chi connectivity index (χ1v) is 4.73. The molecule has 0 N–H and O–H groups in total. The van der Waals surface area contributed by atoms with Gasteiger partial charge in [0.15, 0.2) is 0 Å². The molecule has 12 heavy (non-hydrogen) atoms. The maximum Gasteiger partial charge on any atom is 0.308 e. The number of halogens is 1. The minimum Gasteiger partial charge on any atom is -0.242 e. The first-order chi connectivity index (χ1) is 5.47. The van der Waals surface area contributed by atoms with Gasteiger partial charge in [0, 0.05) is 6.20 Å². The standard InChI is InChI=1S/C6H7FN2O2S/c1-5-8-3-2-6(9-5)4-12(7,10)11/h2-3H,4H2,1H3. The van der Waals surface area contributed by atoms with Crippen molar-refractivity contribution in [1.82, 2.24) is 9.97 Å². The van der Waals surface area contributed by atoms with Crippen LogP contribution in [-0.2, 0) is 16.0 Å². The highest BCUT2D eigenvalue weighted by Gasteiger charge is 2.09. The van der Waals surface area contributed by atoms with Crippen molar-refractivity contribution in [3.63, 3.8) is 0 Å². The topological polar surface area (TPSA) is 59.9 Å². The van der Waals surface area contributed by atoms with E-state index in [2.05, 4.69) is 9.97 Å². The fourth-order valence-electron chi connectivity index (χ4n) is 0.762. The zero-order chi connectivity index (χ0) is 9.19. The molecular weight excluding hydrogens is 183 g/mol. The predicted octanol–water partition coefficient (Wildman–Crippen LogP) is 0.584. The summed E-state index contributed by atoms with van der Waals surface area (Å²) in [7, 11) is -4.48. The fraction of sp³-hybridized carbons (Fsp3) is 0.333. The normalized spacial score (nSPS) is 11.5. The summed E-state index contributed by atoms with van der Waals surface area (Å²) < 4.78 is 32.5. The predicted molar refractivity (Wildman–Crippen MR) is 40.5 cm³/mol. The smallest absolute Gasteiger partial charge is 0.242 e.